The van der Waals surface area contributed by atoms with Gasteiger partial charge < -0.3 is 10.2 Å². The number of aromatic nitrogens is 3. The monoisotopic (exact) mass is 431 g/mol. The van der Waals surface area contributed by atoms with Gasteiger partial charge in [0.2, 0.25) is 0 Å². The molecule has 2 atom stereocenters. The minimum Gasteiger partial charge on any atom is -0.396 e. The summed E-state index contributed by atoms with van der Waals surface area (Å²) in [5.41, 5.74) is -2.48. The van der Waals surface area contributed by atoms with Gasteiger partial charge in [-0.2, -0.15) is 5.10 Å². The van der Waals surface area contributed by atoms with Gasteiger partial charge in [-0.05, 0) is 25.8 Å². The molecule has 0 fully saturated rings. The number of unbranched alkanes of at least 4 members (excludes halogenated alkanes) is 4. The van der Waals surface area contributed by atoms with E-state index in [2.05, 4.69) is 10.1 Å². The summed E-state index contributed by atoms with van der Waals surface area (Å²) in [7, 11) is -3.81. The van der Waals surface area contributed by atoms with Crippen molar-refractivity contribution >= 4 is 9.84 Å². The van der Waals surface area contributed by atoms with Gasteiger partial charge in [-0.1, -0.05) is 25.3 Å². The fourth-order valence-corrected chi connectivity index (χ4v) is 5.01. The minimum absolute atomic E-state index is 0.105. The van der Waals surface area contributed by atoms with Crippen LogP contribution in [0.4, 0.5) is 8.78 Å². The Labute approximate surface area is 169 Å². The Kier molecular flexibility index (Phi) is 8.23. The maximum absolute atomic E-state index is 14.5. The fourth-order valence-electron chi connectivity index (χ4n) is 3.25. The SMILES string of the molecule is C[C@H]([C@](O)(Cn1cncn1)c1ccc(F)cc1F)S(=O)(=O)CCCCCCCO. The second-order valence-electron chi connectivity index (χ2n) is 7.14. The molecule has 1 aromatic carbocycles. The van der Waals surface area contributed by atoms with Gasteiger partial charge in [0, 0.05) is 18.2 Å². The lowest BCUT2D eigenvalue weighted by Crippen LogP contribution is -2.47. The number of rotatable bonds is 12. The molecule has 0 aliphatic rings. The molecule has 162 valence electrons. The first-order valence-corrected chi connectivity index (χ1v) is 11.2. The molecule has 0 unspecified atom stereocenters. The van der Waals surface area contributed by atoms with Gasteiger partial charge in [0.15, 0.2) is 9.84 Å². The predicted molar refractivity (Wildman–Crippen MR) is 104 cm³/mol. The lowest BCUT2D eigenvalue weighted by Gasteiger charge is -2.34. The lowest BCUT2D eigenvalue weighted by molar-refractivity contribution is 0.0110. The van der Waals surface area contributed by atoms with Crippen LogP contribution in [0.5, 0.6) is 0 Å². The van der Waals surface area contributed by atoms with E-state index in [1.54, 1.807) is 0 Å². The number of nitrogens with zero attached hydrogens (tertiary/aromatic N) is 3. The van der Waals surface area contributed by atoms with Crippen molar-refractivity contribution in [2.24, 2.45) is 0 Å². The molecule has 0 aliphatic carbocycles. The summed E-state index contributed by atoms with van der Waals surface area (Å²) in [4.78, 5) is 3.76. The van der Waals surface area contributed by atoms with Gasteiger partial charge in [-0.15, -0.1) is 0 Å². The van der Waals surface area contributed by atoms with Gasteiger partial charge in [0.1, 0.15) is 29.9 Å². The van der Waals surface area contributed by atoms with E-state index in [4.69, 9.17) is 5.11 Å². The number of aliphatic hydroxyl groups excluding tert-OH is 1. The molecule has 0 bridgehead atoms. The molecule has 0 spiro atoms. The highest BCUT2D eigenvalue weighted by Crippen LogP contribution is 2.34. The number of benzene rings is 1. The summed E-state index contributed by atoms with van der Waals surface area (Å²) in [5.74, 6) is -2.03. The first-order chi connectivity index (χ1) is 13.7. The van der Waals surface area contributed by atoms with Crippen molar-refractivity contribution in [3.05, 3.63) is 48.1 Å². The highest BCUT2D eigenvalue weighted by Gasteiger charge is 2.45. The van der Waals surface area contributed by atoms with E-state index in [-0.39, 0.29) is 24.5 Å². The Balaban J connectivity index is 2.25. The summed E-state index contributed by atoms with van der Waals surface area (Å²) in [6.07, 6.45) is 5.83. The number of sulfone groups is 1. The maximum atomic E-state index is 14.5. The third-order valence-electron chi connectivity index (χ3n) is 5.07. The van der Waals surface area contributed by atoms with Crippen LogP contribution < -0.4 is 0 Å². The van der Waals surface area contributed by atoms with E-state index in [9.17, 15) is 22.3 Å². The van der Waals surface area contributed by atoms with Gasteiger partial charge in [0.05, 0.1) is 17.5 Å². The highest BCUT2D eigenvalue weighted by atomic mass is 32.2. The average molecular weight is 432 g/mol. The fraction of sp³-hybridized carbons (Fsp3) is 0.579. The summed E-state index contributed by atoms with van der Waals surface area (Å²) in [5, 5.41) is 22.6. The first kappa shape index (κ1) is 23.4. The van der Waals surface area contributed by atoms with Crippen LogP contribution in [-0.4, -0.2) is 51.0 Å². The zero-order chi connectivity index (χ0) is 21.5. The van der Waals surface area contributed by atoms with Crippen LogP contribution in [-0.2, 0) is 22.0 Å². The van der Waals surface area contributed by atoms with Gasteiger partial charge in [-0.25, -0.2) is 26.9 Å². The molecule has 7 nitrogen and oxygen atoms in total. The normalized spacial score (nSPS) is 15.2. The Morgan fingerprint density at radius 1 is 1.17 bits per heavy atom. The van der Waals surface area contributed by atoms with E-state index in [0.717, 1.165) is 25.0 Å². The summed E-state index contributed by atoms with van der Waals surface area (Å²) in [6, 6.07) is 2.65. The number of hydrogen-bond acceptors (Lipinski definition) is 6. The Morgan fingerprint density at radius 2 is 1.86 bits per heavy atom. The molecule has 2 aromatic rings. The molecule has 0 saturated heterocycles. The second-order valence-corrected chi connectivity index (χ2v) is 9.58. The van der Waals surface area contributed by atoms with Crippen LogP contribution in [0.25, 0.3) is 0 Å². The van der Waals surface area contributed by atoms with Gasteiger partial charge >= 0.3 is 0 Å². The largest absolute Gasteiger partial charge is 0.396 e. The van der Waals surface area contributed by atoms with Crippen molar-refractivity contribution < 1.29 is 27.4 Å². The predicted octanol–water partition coefficient (Wildman–Crippen LogP) is 2.19. The Bertz CT molecular complexity index is 878. The molecule has 29 heavy (non-hydrogen) atoms. The van der Waals surface area contributed by atoms with E-state index in [1.165, 1.54) is 24.3 Å². The van der Waals surface area contributed by atoms with E-state index >= 15 is 0 Å². The minimum atomic E-state index is -3.81. The molecule has 0 aliphatic heterocycles. The summed E-state index contributed by atoms with van der Waals surface area (Å²) >= 11 is 0. The lowest BCUT2D eigenvalue weighted by atomic mass is 9.90. The molecule has 2 rings (SSSR count). The van der Waals surface area contributed by atoms with E-state index in [0.29, 0.717) is 25.3 Å². The molecular formula is C19H27F2N3O4S. The van der Waals surface area contributed by atoms with Crippen LogP contribution in [0.15, 0.2) is 30.9 Å². The standard InChI is InChI=1S/C19H27F2N3O4S/c1-15(29(27,28)10-6-4-2-3-5-9-25)19(26,12-24-14-22-13-23-24)17-8-7-16(20)11-18(17)21/h7-8,11,13-15,25-26H,2-6,9-10,12H2,1H3/t15-,19-/m1/s1. The van der Waals surface area contributed by atoms with Gasteiger partial charge in [-0.3, -0.25) is 0 Å². The molecular weight excluding hydrogens is 404 g/mol. The van der Waals surface area contributed by atoms with Crippen molar-refractivity contribution in [1.82, 2.24) is 14.8 Å². The molecule has 2 N–H and O–H groups in total. The van der Waals surface area contributed by atoms with Crippen LogP contribution in [0, 0.1) is 11.6 Å². The van der Waals surface area contributed by atoms with Crippen molar-refractivity contribution in [2.75, 3.05) is 12.4 Å². The molecule has 1 aromatic heterocycles. The zero-order valence-corrected chi connectivity index (χ0v) is 17.2. The second kappa shape index (κ2) is 10.2. The number of halogens is 2. The van der Waals surface area contributed by atoms with E-state index in [1.807, 2.05) is 0 Å². The van der Waals surface area contributed by atoms with Gasteiger partial charge in [0.25, 0.3) is 0 Å². The molecule has 0 radical (unpaired) electrons. The Hall–Kier alpha value is -1.91. The molecule has 0 amide bonds. The van der Waals surface area contributed by atoms with Crippen LogP contribution in [0.2, 0.25) is 0 Å². The van der Waals surface area contributed by atoms with Crippen molar-refractivity contribution in [2.45, 2.75) is 56.4 Å². The smallest absolute Gasteiger partial charge is 0.156 e. The highest BCUT2D eigenvalue weighted by molar-refractivity contribution is 7.92. The Morgan fingerprint density at radius 3 is 2.48 bits per heavy atom. The third-order valence-corrected chi connectivity index (χ3v) is 7.39. The zero-order valence-electron chi connectivity index (χ0n) is 16.3. The van der Waals surface area contributed by atoms with Crippen molar-refractivity contribution in [3.63, 3.8) is 0 Å². The van der Waals surface area contributed by atoms with Crippen LogP contribution in [0.1, 0.15) is 44.6 Å². The topological polar surface area (TPSA) is 105 Å². The molecule has 10 heteroatoms. The molecule has 1 heterocycles. The van der Waals surface area contributed by atoms with Crippen LogP contribution in [0.3, 0.4) is 0 Å². The van der Waals surface area contributed by atoms with Crippen molar-refractivity contribution in [1.29, 1.82) is 0 Å². The number of hydrogen-bond donors (Lipinski definition) is 2. The summed E-state index contributed by atoms with van der Waals surface area (Å²) in [6.45, 7) is 1.07. The van der Waals surface area contributed by atoms with Crippen LogP contribution >= 0.6 is 0 Å². The summed E-state index contributed by atoms with van der Waals surface area (Å²) < 4.78 is 54.9. The first-order valence-electron chi connectivity index (χ1n) is 9.53. The number of aliphatic hydroxyl groups is 2. The van der Waals surface area contributed by atoms with E-state index < -0.39 is 32.3 Å². The average Bonchev–Trinajstić information content (AvgIpc) is 3.16. The quantitative estimate of drug-likeness (QED) is 0.499. The third kappa shape index (κ3) is 6.03. The molecule has 0 saturated carbocycles. The van der Waals surface area contributed by atoms with Crippen molar-refractivity contribution in [3.8, 4) is 0 Å². The maximum Gasteiger partial charge on any atom is 0.156 e.